The Morgan fingerprint density at radius 2 is 1.83 bits per heavy atom. The lowest BCUT2D eigenvalue weighted by Gasteiger charge is -2.28. The molecule has 1 aliphatic rings. The zero-order valence-corrected chi connectivity index (χ0v) is 19.4. The summed E-state index contributed by atoms with van der Waals surface area (Å²) in [6, 6.07) is 11.8. The summed E-state index contributed by atoms with van der Waals surface area (Å²) < 4.78 is 7.58. The molecule has 1 aromatic carbocycles. The van der Waals surface area contributed by atoms with Gasteiger partial charge in [0.1, 0.15) is 11.6 Å². The molecule has 0 fully saturated rings. The molecular weight excluding hydrogens is 458 g/mol. The van der Waals surface area contributed by atoms with Gasteiger partial charge in [0, 0.05) is 24.8 Å². The largest absolute Gasteiger partial charge is 0.494 e. The van der Waals surface area contributed by atoms with Crippen LogP contribution in [0.1, 0.15) is 16.2 Å². The molecule has 0 saturated heterocycles. The molecule has 0 atom stereocenters. The van der Waals surface area contributed by atoms with E-state index in [1.807, 2.05) is 36.5 Å². The monoisotopic (exact) mass is 479 g/mol. The van der Waals surface area contributed by atoms with Crippen molar-refractivity contribution in [2.45, 2.75) is 13.1 Å². The lowest BCUT2D eigenvalue weighted by Crippen LogP contribution is -2.42. The van der Waals surface area contributed by atoms with Crippen LogP contribution in [0.3, 0.4) is 0 Å². The van der Waals surface area contributed by atoms with Crippen LogP contribution in [0.2, 0.25) is 0 Å². The van der Waals surface area contributed by atoms with Crippen molar-refractivity contribution in [3.63, 3.8) is 0 Å². The van der Waals surface area contributed by atoms with Gasteiger partial charge in [0.15, 0.2) is 0 Å². The minimum absolute atomic E-state index is 0.233. The number of ketones is 1. The first-order valence-electron chi connectivity index (χ1n) is 11.4. The van der Waals surface area contributed by atoms with E-state index in [0.29, 0.717) is 35.4 Å². The minimum atomic E-state index is -0.618. The van der Waals surface area contributed by atoms with Crippen LogP contribution in [-0.2, 0) is 17.9 Å². The van der Waals surface area contributed by atoms with Crippen LogP contribution in [0, 0.1) is 0 Å². The molecule has 1 aliphatic heterocycles. The number of H-pyrrole nitrogens is 1. The molecule has 5 heterocycles. The molecule has 1 amide bonds. The van der Waals surface area contributed by atoms with E-state index in [1.54, 1.807) is 23.4 Å². The highest BCUT2D eigenvalue weighted by Gasteiger charge is 2.31. The number of methoxy groups -OCH3 is 1. The van der Waals surface area contributed by atoms with Gasteiger partial charge in [-0.2, -0.15) is 10.2 Å². The number of benzene rings is 1. The van der Waals surface area contributed by atoms with Crippen molar-refractivity contribution in [1.29, 1.82) is 0 Å². The van der Waals surface area contributed by atoms with Gasteiger partial charge in [-0.25, -0.2) is 4.98 Å². The molecule has 10 nitrogen and oxygen atoms in total. The highest BCUT2D eigenvalue weighted by Crippen LogP contribution is 2.34. The number of hydrogen-bond acceptors (Lipinski definition) is 7. The van der Waals surface area contributed by atoms with Crippen molar-refractivity contribution in [2.24, 2.45) is 0 Å². The lowest BCUT2D eigenvalue weighted by molar-refractivity contribution is -0.127. The van der Waals surface area contributed by atoms with E-state index in [0.717, 1.165) is 22.6 Å². The average Bonchev–Trinajstić information content (AvgIpc) is 3.57. The van der Waals surface area contributed by atoms with E-state index in [-0.39, 0.29) is 12.1 Å². The molecule has 10 heteroatoms. The highest BCUT2D eigenvalue weighted by atomic mass is 16.5. The predicted octanol–water partition coefficient (Wildman–Crippen LogP) is 3.12. The average molecular weight is 480 g/mol. The first-order valence-corrected chi connectivity index (χ1v) is 11.4. The van der Waals surface area contributed by atoms with Crippen molar-refractivity contribution >= 4 is 22.6 Å². The number of hydrogen-bond donors (Lipinski definition) is 1. The van der Waals surface area contributed by atoms with Crippen molar-refractivity contribution in [2.75, 3.05) is 13.7 Å². The Morgan fingerprint density at radius 1 is 0.972 bits per heavy atom. The van der Waals surface area contributed by atoms with Gasteiger partial charge in [-0.1, -0.05) is 30.3 Å². The minimum Gasteiger partial charge on any atom is -0.494 e. The van der Waals surface area contributed by atoms with E-state index < -0.39 is 11.7 Å². The second kappa shape index (κ2) is 8.73. The van der Waals surface area contributed by atoms with Crippen molar-refractivity contribution in [3.05, 3.63) is 78.8 Å². The van der Waals surface area contributed by atoms with Crippen LogP contribution in [0.5, 0.6) is 5.75 Å². The molecule has 178 valence electrons. The molecule has 5 aromatic rings. The summed E-state index contributed by atoms with van der Waals surface area (Å²) in [4.78, 5) is 40.4. The Morgan fingerprint density at radius 3 is 2.61 bits per heavy atom. The van der Waals surface area contributed by atoms with Gasteiger partial charge < -0.3 is 19.2 Å². The molecule has 1 N–H and O–H groups in total. The maximum atomic E-state index is 13.4. The third-order valence-corrected chi connectivity index (χ3v) is 6.41. The van der Waals surface area contributed by atoms with Crippen molar-refractivity contribution in [3.8, 4) is 28.3 Å². The third kappa shape index (κ3) is 3.50. The second-order valence-electron chi connectivity index (χ2n) is 8.39. The number of aromatic amines is 1. The SMILES string of the molecule is COc1cnc(-c2ccnnc2)c2[nH]cc(C(=O)C(=O)N3CCn4c(-c5ccccc5)cnc4C3)c12. The van der Waals surface area contributed by atoms with Crippen LogP contribution in [0.4, 0.5) is 0 Å². The van der Waals surface area contributed by atoms with Crippen LogP contribution in [-0.4, -0.2) is 60.0 Å². The summed E-state index contributed by atoms with van der Waals surface area (Å²) in [6.45, 7) is 1.22. The summed E-state index contributed by atoms with van der Waals surface area (Å²) in [5, 5.41) is 8.22. The van der Waals surface area contributed by atoms with Crippen molar-refractivity contribution in [1.82, 2.24) is 34.6 Å². The van der Waals surface area contributed by atoms with E-state index in [9.17, 15) is 9.59 Å². The Hall–Kier alpha value is -4.86. The van der Waals surface area contributed by atoms with Gasteiger partial charge in [0.05, 0.1) is 66.3 Å². The van der Waals surface area contributed by atoms with Gasteiger partial charge in [-0.3, -0.25) is 14.6 Å². The Labute approximate surface area is 205 Å². The summed E-state index contributed by atoms with van der Waals surface area (Å²) in [7, 11) is 1.50. The zero-order chi connectivity index (χ0) is 24.6. The fourth-order valence-corrected chi connectivity index (χ4v) is 4.63. The molecule has 0 unspecified atom stereocenters. The number of fused-ring (bicyclic) bond motifs is 2. The maximum Gasteiger partial charge on any atom is 0.295 e. The topological polar surface area (TPSA) is 119 Å². The third-order valence-electron chi connectivity index (χ3n) is 6.41. The quantitative estimate of drug-likeness (QED) is 0.304. The number of imidazole rings is 1. The Kier molecular flexibility index (Phi) is 5.25. The molecule has 0 spiro atoms. The van der Waals surface area contributed by atoms with Crippen LogP contribution in [0.15, 0.2) is 67.4 Å². The molecule has 4 aromatic heterocycles. The first kappa shape index (κ1) is 21.7. The Bertz CT molecular complexity index is 1590. The van der Waals surface area contributed by atoms with Crippen molar-refractivity contribution < 1.29 is 14.3 Å². The van der Waals surface area contributed by atoms with Gasteiger partial charge >= 0.3 is 0 Å². The van der Waals surface area contributed by atoms with Gasteiger partial charge in [-0.05, 0) is 11.6 Å². The molecule has 0 bridgehead atoms. The fraction of sp³-hybridized carbons (Fsp3) is 0.154. The predicted molar refractivity (Wildman–Crippen MR) is 131 cm³/mol. The first-order chi connectivity index (χ1) is 17.7. The highest BCUT2D eigenvalue weighted by molar-refractivity contribution is 6.45. The smallest absolute Gasteiger partial charge is 0.295 e. The maximum absolute atomic E-state index is 13.4. The summed E-state index contributed by atoms with van der Waals surface area (Å²) in [5.41, 5.74) is 4.18. The Balaban J connectivity index is 1.31. The molecule has 0 aliphatic carbocycles. The number of pyridine rings is 1. The van der Waals surface area contributed by atoms with Crippen LogP contribution >= 0.6 is 0 Å². The van der Waals surface area contributed by atoms with Gasteiger partial charge in [0.25, 0.3) is 11.7 Å². The summed E-state index contributed by atoms with van der Waals surface area (Å²) in [5.74, 6) is -0.0606. The molecule has 36 heavy (non-hydrogen) atoms. The van der Waals surface area contributed by atoms with E-state index in [1.165, 1.54) is 19.5 Å². The van der Waals surface area contributed by atoms with Gasteiger partial charge in [-0.15, -0.1) is 0 Å². The lowest BCUT2D eigenvalue weighted by atomic mass is 10.1. The van der Waals surface area contributed by atoms with E-state index in [2.05, 4.69) is 29.7 Å². The van der Waals surface area contributed by atoms with E-state index in [4.69, 9.17) is 4.74 Å². The van der Waals surface area contributed by atoms with E-state index >= 15 is 0 Å². The zero-order valence-electron chi connectivity index (χ0n) is 19.4. The standard InChI is InChI=1S/C26H21N7O3/c1-36-20-14-29-23(17-7-8-30-31-11-17)24-22(20)18(12-28-24)25(34)26(35)32-9-10-33-19(13-27-21(33)15-32)16-5-3-2-4-6-16/h2-8,11-14,28H,9-10,15H2,1H3. The molecule has 0 radical (unpaired) electrons. The molecular formula is C26H21N7O3. The number of nitrogens with zero attached hydrogens (tertiary/aromatic N) is 6. The number of aromatic nitrogens is 6. The number of carbonyl (C=O) groups is 2. The van der Waals surface area contributed by atoms with Gasteiger partial charge in [0.2, 0.25) is 0 Å². The number of Topliss-reactive ketones (excluding diaryl/α,β-unsaturated/α-hetero) is 1. The molecule has 0 saturated carbocycles. The number of rotatable bonds is 5. The summed E-state index contributed by atoms with van der Waals surface area (Å²) in [6.07, 6.45) is 8.03. The number of ether oxygens (including phenoxy) is 1. The number of nitrogens with one attached hydrogen (secondary N) is 1. The number of amides is 1. The van der Waals surface area contributed by atoms with Crippen LogP contribution in [0.25, 0.3) is 33.4 Å². The molecule has 6 rings (SSSR count). The normalized spacial score (nSPS) is 13.0. The van der Waals surface area contributed by atoms with Crippen LogP contribution < -0.4 is 4.74 Å². The fourth-order valence-electron chi connectivity index (χ4n) is 4.63. The second-order valence-corrected chi connectivity index (χ2v) is 8.39. The number of carbonyl (C=O) groups excluding carboxylic acids is 2. The summed E-state index contributed by atoms with van der Waals surface area (Å²) >= 11 is 0.